The molecule has 134 valence electrons. The SMILES string of the molecule is CC[C@H](Nc1nnnn1-c1ccccc1)C(=O)N1C[C@@H](C)N[C@@H](C)C1. The third-order valence-corrected chi connectivity index (χ3v) is 4.35. The summed E-state index contributed by atoms with van der Waals surface area (Å²) in [6.07, 6.45) is 0.660. The molecule has 8 heteroatoms. The van der Waals surface area contributed by atoms with Gasteiger partial charge in [-0.15, -0.1) is 0 Å². The molecule has 0 saturated carbocycles. The van der Waals surface area contributed by atoms with Crippen molar-refractivity contribution in [3.05, 3.63) is 30.3 Å². The predicted molar refractivity (Wildman–Crippen MR) is 95.5 cm³/mol. The second-order valence-electron chi connectivity index (χ2n) is 6.57. The fourth-order valence-electron chi connectivity index (χ4n) is 3.24. The molecular formula is C17H25N7O. The molecule has 0 radical (unpaired) electrons. The molecule has 1 aromatic carbocycles. The van der Waals surface area contributed by atoms with Gasteiger partial charge >= 0.3 is 0 Å². The van der Waals surface area contributed by atoms with Crippen LogP contribution in [0.25, 0.3) is 5.69 Å². The van der Waals surface area contributed by atoms with Gasteiger partial charge in [-0.1, -0.05) is 30.2 Å². The van der Waals surface area contributed by atoms with E-state index < -0.39 is 0 Å². The van der Waals surface area contributed by atoms with Gasteiger partial charge in [0, 0.05) is 25.2 Å². The molecule has 0 bridgehead atoms. The van der Waals surface area contributed by atoms with Crippen LogP contribution in [0, 0.1) is 0 Å². The molecule has 1 aliphatic rings. The van der Waals surface area contributed by atoms with E-state index >= 15 is 0 Å². The molecule has 2 aromatic rings. The maximum absolute atomic E-state index is 13.0. The van der Waals surface area contributed by atoms with E-state index in [9.17, 15) is 4.79 Å². The second kappa shape index (κ2) is 7.60. The highest BCUT2D eigenvalue weighted by Gasteiger charge is 2.30. The van der Waals surface area contributed by atoms with E-state index in [0.717, 1.165) is 5.69 Å². The standard InChI is InChI=1S/C17H25N7O/c1-4-15(16(25)23-10-12(2)18-13(3)11-23)19-17-20-21-22-24(17)14-8-6-5-7-9-14/h5-9,12-13,15,18H,4,10-11H2,1-3H3,(H,19,20,22)/t12-,13+,15-/m0/s1. The van der Waals surface area contributed by atoms with Gasteiger partial charge in [-0.3, -0.25) is 4.79 Å². The Morgan fingerprint density at radius 1 is 1.28 bits per heavy atom. The van der Waals surface area contributed by atoms with E-state index in [1.165, 1.54) is 0 Å². The number of nitrogens with one attached hydrogen (secondary N) is 2. The molecule has 2 N–H and O–H groups in total. The number of rotatable bonds is 5. The molecule has 0 spiro atoms. The number of benzene rings is 1. The molecule has 25 heavy (non-hydrogen) atoms. The van der Waals surface area contributed by atoms with E-state index in [2.05, 4.69) is 40.0 Å². The first kappa shape index (κ1) is 17.3. The Balaban J connectivity index is 1.75. The number of hydrogen-bond donors (Lipinski definition) is 2. The first-order valence-electron chi connectivity index (χ1n) is 8.73. The Labute approximate surface area is 147 Å². The molecule has 1 aliphatic heterocycles. The summed E-state index contributed by atoms with van der Waals surface area (Å²) in [6, 6.07) is 9.85. The van der Waals surface area contributed by atoms with Gasteiger partial charge in [-0.25, -0.2) is 0 Å². The topological polar surface area (TPSA) is 88.0 Å². The summed E-state index contributed by atoms with van der Waals surface area (Å²) in [6.45, 7) is 7.61. The number of para-hydroxylation sites is 1. The van der Waals surface area contributed by atoms with Gasteiger partial charge in [-0.2, -0.15) is 4.68 Å². The van der Waals surface area contributed by atoms with Gasteiger partial charge in [0.15, 0.2) is 0 Å². The fraction of sp³-hybridized carbons (Fsp3) is 0.529. The van der Waals surface area contributed by atoms with Crippen LogP contribution in [0.4, 0.5) is 5.95 Å². The normalized spacial score (nSPS) is 21.8. The summed E-state index contributed by atoms with van der Waals surface area (Å²) in [7, 11) is 0. The monoisotopic (exact) mass is 343 g/mol. The molecule has 2 heterocycles. The van der Waals surface area contributed by atoms with Gasteiger partial charge in [-0.05, 0) is 42.8 Å². The maximum Gasteiger partial charge on any atom is 0.248 e. The summed E-state index contributed by atoms with van der Waals surface area (Å²) >= 11 is 0. The number of carbonyl (C=O) groups is 1. The van der Waals surface area contributed by atoms with Crippen LogP contribution < -0.4 is 10.6 Å². The maximum atomic E-state index is 13.0. The van der Waals surface area contributed by atoms with Gasteiger partial charge in [0.2, 0.25) is 11.9 Å². The first-order valence-corrected chi connectivity index (χ1v) is 8.73. The van der Waals surface area contributed by atoms with E-state index in [-0.39, 0.29) is 11.9 Å². The number of tetrazole rings is 1. The lowest BCUT2D eigenvalue weighted by molar-refractivity contribution is -0.133. The summed E-state index contributed by atoms with van der Waals surface area (Å²) in [4.78, 5) is 14.9. The zero-order chi connectivity index (χ0) is 17.8. The predicted octanol–water partition coefficient (Wildman–Crippen LogP) is 1.06. The molecule has 1 saturated heterocycles. The van der Waals surface area contributed by atoms with Crippen molar-refractivity contribution in [1.82, 2.24) is 30.4 Å². The fourth-order valence-corrected chi connectivity index (χ4v) is 3.24. The highest BCUT2D eigenvalue weighted by Crippen LogP contribution is 2.15. The van der Waals surface area contributed by atoms with Crippen LogP contribution >= 0.6 is 0 Å². The van der Waals surface area contributed by atoms with E-state index in [4.69, 9.17) is 0 Å². The molecule has 0 unspecified atom stereocenters. The van der Waals surface area contributed by atoms with Crippen molar-refractivity contribution in [1.29, 1.82) is 0 Å². The largest absolute Gasteiger partial charge is 0.341 e. The number of nitrogens with zero attached hydrogens (tertiary/aromatic N) is 5. The Kier molecular flexibility index (Phi) is 5.28. The first-order chi connectivity index (χ1) is 12.1. The average molecular weight is 343 g/mol. The van der Waals surface area contributed by atoms with Crippen LogP contribution in [0.1, 0.15) is 27.2 Å². The molecule has 3 rings (SSSR count). The van der Waals surface area contributed by atoms with E-state index in [1.807, 2.05) is 42.2 Å². The highest BCUT2D eigenvalue weighted by molar-refractivity contribution is 5.84. The van der Waals surface area contributed by atoms with E-state index in [1.54, 1.807) is 4.68 Å². The number of carbonyl (C=O) groups excluding carboxylic acids is 1. The lowest BCUT2D eigenvalue weighted by Gasteiger charge is -2.37. The smallest absolute Gasteiger partial charge is 0.248 e. The minimum absolute atomic E-state index is 0.0883. The Hall–Kier alpha value is -2.48. The molecule has 3 atom stereocenters. The zero-order valence-corrected chi connectivity index (χ0v) is 14.9. The van der Waals surface area contributed by atoms with Crippen molar-refractivity contribution in [3.63, 3.8) is 0 Å². The molecule has 0 aliphatic carbocycles. The Morgan fingerprint density at radius 2 is 1.96 bits per heavy atom. The van der Waals surface area contributed by atoms with Crippen molar-refractivity contribution in [2.45, 2.75) is 45.3 Å². The van der Waals surface area contributed by atoms with Crippen LogP contribution in [0.5, 0.6) is 0 Å². The van der Waals surface area contributed by atoms with Gasteiger partial charge in [0.1, 0.15) is 6.04 Å². The third kappa shape index (κ3) is 3.96. The Bertz CT molecular complexity index is 692. The molecular weight excluding hydrogens is 318 g/mol. The van der Waals surface area contributed by atoms with Crippen molar-refractivity contribution in [3.8, 4) is 5.69 Å². The highest BCUT2D eigenvalue weighted by atomic mass is 16.2. The zero-order valence-electron chi connectivity index (χ0n) is 14.9. The number of piperazine rings is 1. The van der Waals surface area contributed by atoms with Crippen molar-refractivity contribution >= 4 is 11.9 Å². The molecule has 1 amide bonds. The second-order valence-corrected chi connectivity index (χ2v) is 6.57. The van der Waals surface area contributed by atoms with Crippen LogP contribution in [-0.4, -0.2) is 62.2 Å². The van der Waals surface area contributed by atoms with Crippen LogP contribution in [0.2, 0.25) is 0 Å². The number of amides is 1. The van der Waals surface area contributed by atoms with Gasteiger partial charge < -0.3 is 15.5 Å². The minimum atomic E-state index is -0.356. The molecule has 8 nitrogen and oxygen atoms in total. The summed E-state index contributed by atoms with van der Waals surface area (Å²) < 4.78 is 1.61. The Morgan fingerprint density at radius 3 is 2.60 bits per heavy atom. The van der Waals surface area contributed by atoms with Crippen LogP contribution in [0.3, 0.4) is 0 Å². The lowest BCUT2D eigenvalue weighted by Crippen LogP contribution is -2.58. The number of hydrogen-bond acceptors (Lipinski definition) is 6. The van der Waals surface area contributed by atoms with Crippen LogP contribution in [0.15, 0.2) is 30.3 Å². The van der Waals surface area contributed by atoms with Gasteiger partial charge in [0.05, 0.1) is 5.69 Å². The summed E-state index contributed by atoms with van der Waals surface area (Å²) in [5.41, 5.74) is 0.849. The lowest BCUT2D eigenvalue weighted by atomic mass is 10.1. The minimum Gasteiger partial charge on any atom is -0.341 e. The molecule has 1 fully saturated rings. The molecule has 1 aromatic heterocycles. The van der Waals surface area contributed by atoms with Gasteiger partial charge in [0.25, 0.3) is 0 Å². The third-order valence-electron chi connectivity index (χ3n) is 4.35. The summed E-state index contributed by atoms with van der Waals surface area (Å²) in [5.74, 6) is 0.563. The van der Waals surface area contributed by atoms with E-state index in [0.29, 0.717) is 37.5 Å². The number of anilines is 1. The van der Waals surface area contributed by atoms with Crippen molar-refractivity contribution < 1.29 is 4.79 Å². The van der Waals surface area contributed by atoms with Crippen molar-refractivity contribution in [2.75, 3.05) is 18.4 Å². The van der Waals surface area contributed by atoms with Crippen LogP contribution in [-0.2, 0) is 4.79 Å². The average Bonchev–Trinajstić information content (AvgIpc) is 3.07. The van der Waals surface area contributed by atoms with Crippen molar-refractivity contribution in [2.24, 2.45) is 0 Å². The summed E-state index contributed by atoms with van der Waals surface area (Å²) in [5, 5.41) is 18.5. The number of aromatic nitrogens is 4. The quantitative estimate of drug-likeness (QED) is 0.844.